The van der Waals surface area contributed by atoms with Gasteiger partial charge in [0.1, 0.15) is 6.17 Å². The van der Waals surface area contributed by atoms with Gasteiger partial charge in [-0.25, -0.2) is 0 Å². The van der Waals surface area contributed by atoms with E-state index < -0.39 is 16.5 Å². The molecule has 0 saturated heterocycles. The average Bonchev–Trinajstić information content (AvgIpc) is 2.61. The molecule has 0 aliphatic carbocycles. The Morgan fingerprint density at radius 2 is 1.89 bits per heavy atom. The van der Waals surface area contributed by atoms with Crippen LogP contribution in [0.15, 0.2) is 60.8 Å². The molecule has 0 saturated carbocycles. The van der Waals surface area contributed by atoms with E-state index in [2.05, 4.69) is 20.9 Å². The quantitative estimate of drug-likeness (QED) is 0.370. The highest BCUT2D eigenvalue weighted by atomic mass is 35.5. The zero-order valence-corrected chi connectivity index (χ0v) is 16.5. The summed E-state index contributed by atoms with van der Waals surface area (Å²) < 4.78 is 0. The summed E-state index contributed by atoms with van der Waals surface area (Å²) in [5, 5.41) is 20.4. The molecule has 0 aliphatic rings. The SMILES string of the molecule is CC(C)(C)C(NC(=O)c1ccc(Cl)cc1)NC(=C[N+](=O)[O-])Nc1cccnc1. The minimum atomic E-state index is -0.606. The monoisotopic (exact) mass is 403 g/mol. The van der Waals surface area contributed by atoms with E-state index in [9.17, 15) is 14.9 Å². The molecule has 0 radical (unpaired) electrons. The summed E-state index contributed by atoms with van der Waals surface area (Å²) in [5.74, 6) is -0.208. The van der Waals surface area contributed by atoms with Gasteiger partial charge in [-0.3, -0.25) is 19.9 Å². The average molecular weight is 404 g/mol. The number of anilines is 1. The predicted octanol–water partition coefficient (Wildman–Crippen LogP) is 3.61. The van der Waals surface area contributed by atoms with Gasteiger partial charge in [0, 0.05) is 22.2 Å². The van der Waals surface area contributed by atoms with Crippen LogP contribution in [-0.2, 0) is 0 Å². The van der Waals surface area contributed by atoms with Crippen molar-refractivity contribution in [1.82, 2.24) is 15.6 Å². The van der Waals surface area contributed by atoms with Crippen LogP contribution in [0.4, 0.5) is 5.69 Å². The van der Waals surface area contributed by atoms with Crippen LogP contribution in [0, 0.1) is 15.5 Å². The zero-order chi connectivity index (χ0) is 20.7. The molecule has 0 spiro atoms. The van der Waals surface area contributed by atoms with E-state index in [0.29, 0.717) is 16.3 Å². The Bertz CT molecular complexity index is 848. The maximum atomic E-state index is 12.6. The molecular formula is C19H22ClN5O3. The zero-order valence-electron chi connectivity index (χ0n) is 15.8. The van der Waals surface area contributed by atoms with Gasteiger partial charge >= 0.3 is 0 Å². The number of carbonyl (C=O) groups is 1. The fourth-order valence-corrected chi connectivity index (χ4v) is 2.37. The molecule has 2 aromatic rings. The van der Waals surface area contributed by atoms with Crippen LogP contribution in [0.5, 0.6) is 0 Å². The summed E-state index contributed by atoms with van der Waals surface area (Å²) in [4.78, 5) is 27.0. The third kappa shape index (κ3) is 6.55. The minimum absolute atomic E-state index is 0.120. The van der Waals surface area contributed by atoms with Crippen molar-refractivity contribution in [3.05, 3.63) is 81.5 Å². The van der Waals surface area contributed by atoms with E-state index in [1.807, 2.05) is 20.8 Å². The predicted molar refractivity (Wildman–Crippen MR) is 108 cm³/mol. The number of nitro groups is 1. The molecule has 1 aromatic heterocycles. The van der Waals surface area contributed by atoms with Crippen molar-refractivity contribution in [2.45, 2.75) is 26.9 Å². The fraction of sp³-hybridized carbons (Fsp3) is 0.263. The molecule has 1 atom stereocenters. The summed E-state index contributed by atoms with van der Waals surface area (Å²) in [5.41, 5.74) is 0.550. The first-order valence-corrected chi connectivity index (χ1v) is 8.88. The lowest BCUT2D eigenvalue weighted by Gasteiger charge is -2.33. The first-order valence-electron chi connectivity index (χ1n) is 8.50. The van der Waals surface area contributed by atoms with Gasteiger partial charge in [-0.05, 0) is 36.4 Å². The lowest BCUT2D eigenvalue weighted by atomic mass is 9.92. The molecule has 0 aliphatic heterocycles. The molecule has 2 rings (SSSR count). The lowest BCUT2D eigenvalue weighted by molar-refractivity contribution is -0.403. The summed E-state index contributed by atoms with van der Waals surface area (Å²) >= 11 is 5.86. The van der Waals surface area contributed by atoms with Crippen molar-refractivity contribution >= 4 is 23.2 Å². The van der Waals surface area contributed by atoms with E-state index in [4.69, 9.17) is 11.6 Å². The minimum Gasteiger partial charge on any atom is -0.346 e. The number of pyridine rings is 1. The van der Waals surface area contributed by atoms with Gasteiger partial charge in [0.15, 0.2) is 5.82 Å². The number of rotatable bonds is 7. The van der Waals surface area contributed by atoms with Gasteiger partial charge < -0.3 is 16.0 Å². The summed E-state index contributed by atoms with van der Waals surface area (Å²) in [6.07, 6.45) is 3.33. The molecule has 0 fully saturated rings. The summed E-state index contributed by atoms with van der Waals surface area (Å²) in [6, 6.07) is 9.89. The number of nitrogens with one attached hydrogen (secondary N) is 3. The van der Waals surface area contributed by atoms with Gasteiger partial charge in [-0.1, -0.05) is 32.4 Å². The number of nitrogens with zero attached hydrogens (tertiary/aromatic N) is 2. The molecule has 1 heterocycles. The van der Waals surface area contributed by atoms with Crippen molar-refractivity contribution in [3.8, 4) is 0 Å². The largest absolute Gasteiger partial charge is 0.346 e. The van der Waals surface area contributed by atoms with Crippen LogP contribution in [0.25, 0.3) is 0 Å². The van der Waals surface area contributed by atoms with Crippen LogP contribution in [0.2, 0.25) is 5.02 Å². The maximum absolute atomic E-state index is 12.6. The molecule has 3 N–H and O–H groups in total. The number of halogens is 1. The van der Waals surface area contributed by atoms with E-state index in [-0.39, 0.29) is 11.7 Å². The van der Waals surface area contributed by atoms with Gasteiger partial charge in [0.05, 0.1) is 16.8 Å². The molecule has 1 unspecified atom stereocenters. The highest BCUT2D eigenvalue weighted by molar-refractivity contribution is 6.30. The molecule has 148 valence electrons. The van der Waals surface area contributed by atoms with E-state index in [0.717, 1.165) is 6.20 Å². The van der Waals surface area contributed by atoms with Crippen molar-refractivity contribution in [2.75, 3.05) is 5.32 Å². The number of carbonyl (C=O) groups excluding carboxylic acids is 1. The number of hydrogen-bond acceptors (Lipinski definition) is 6. The molecule has 28 heavy (non-hydrogen) atoms. The Balaban J connectivity index is 2.21. The molecule has 0 bridgehead atoms. The smallest absolute Gasteiger partial charge is 0.274 e. The molecule has 9 heteroatoms. The second-order valence-corrected chi connectivity index (χ2v) is 7.55. The lowest BCUT2D eigenvalue weighted by Crippen LogP contribution is -2.53. The van der Waals surface area contributed by atoms with Crippen molar-refractivity contribution in [1.29, 1.82) is 0 Å². The Morgan fingerprint density at radius 1 is 1.21 bits per heavy atom. The molecule has 1 amide bonds. The molecular weight excluding hydrogens is 382 g/mol. The standard InChI is InChI=1S/C19H22ClN5O3/c1-19(2,3)18(24-17(26)13-6-8-14(20)9-7-13)23-16(12-25(27)28)22-15-5-4-10-21-11-15/h4-12,18,22-23H,1-3H3,(H,24,26). The number of benzene rings is 1. The highest BCUT2D eigenvalue weighted by Crippen LogP contribution is 2.20. The van der Waals surface area contributed by atoms with Crippen LogP contribution in [0.1, 0.15) is 31.1 Å². The van der Waals surface area contributed by atoms with Crippen LogP contribution in [-0.4, -0.2) is 22.0 Å². The van der Waals surface area contributed by atoms with Crippen molar-refractivity contribution in [3.63, 3.8) is 0 Å². The van der Waals surface area contributed by atoms with E-state index in [1.165, 1.54) is 6.20 Å². The van der Waals surface area contributed by atoms with Crippen LogP contribution < -0.4 is 16.0 Å². The second kappa shape index (κ2) is 9.18. The second-order valence-electron chi connectivity index (χ2n) is 7.12. The van der Waals surface area contributed by atoms with Gasteiger partial charge in [0.25, 0.3) is 12.1 Å². The normalized spacial score (nSPS) is 12.8. The molecule has 1 aromatic carbocycles. The number of amides is 1. The highest BCUT2D eigenvalue weighted by Gasteiger charge is 2.28. The summed E-state index contributed by atoms with van der Waals surface area (Å²) in [6.45, 7) is 5.71. The first-order chi connectivity index (χ1) is 13.1. The summed E-state index contributed by atoms with van der Waals surface area (Å²) in [7, 11) is 0. The van der Waals surface area contributed by atoms with Crippen molar-refractivity contribution < 1.29 is 9.72 Å². The van der Waals surface area contributed by atoms with Crippen LogP contribution in [0.3, 0.4) is 0 Å². The number of aromatic nitrogens is 1. The number of hydrogen-bond donors (Lipinski definition) is 3. The van der Waals surface area contributed by atoms with Gasteiger partial charge in [-0.15, -0.1) is 0 Å². The van der Waals surface area contributed by atoms with E-state index in [1.54, 1.807) is 42.6 Å². The van der Waals surface area contributed by atoms with Crippen LogP contribution >= 0.6 is 11.6 Å². The Morgan fingerprint density at radius 3 is 2.43 bits per heavy atom. The Labute approximate surface area is 168 Å². The third-order valence-electron chi connectivity index (χ3n) is 3.72. The maximum Gasteiger partial charge on any atom is 0.274 e. The Hall–Kier alpha value is -3.13. The topological polar surface area (TPSA) is 109 Å². The van der Waals surface area contributed by atoms with Gasteiger partial charge in [0.2, 0.25) is 0 Å². The fourth-order valence-electron chi connectivity index (χ4n) is 2.24. The first kappa shape index (κ1) is 21.2. The molecule has 8 nitrogen and oxygen atoms in total. The van der Waals surface area contributed by atoms with Crippen molar-refractivity contribution in [2.24, 2.45) is 5.41 Å². The Kier molecular flexibility index (Phi) is 6.94. The van der Waals surface area contributed by atoms with E-state index >= 15 is 0 Å². The van der Waals surface area contributed by atoms with Gasteiger partial charge in [-0.2, -0.15) is 0 Å². The third-order valence-corrected chi connectivity index (χ3v) is 3.97.